The molecular weight excluding hydrogens is 342 g/mol. The third kappa shape index (κ3) is 4.17. The zero-order valence-corrected chi connectivity index (χ0v) is 14.9. The number of morpholine rings is 1. The predicted octanol–water partition coefficient (Wildman–Crippen LogP) is 3.36. The van der Waals surface area contributed by atoms with Crippen LogP contribution in [-0.4, -0.2) is 37.2 Å². The van der Waals surface area contributed by atoms with E-state index in [1.54, 1.807) is 0 Å². The van der Waals surface area contributed by atoms with E-state index in [4.69, 9.17) is 9.15 Å². The molecule has 1 amide bonds. The topological polar surface area (TPSA) is 67.6 Å². The first kappa shape index (κ1) is 17.3. The summed E-state index contributed by atoms with van der Waals surface area (Å²) in [6, 6.07) is 17.5. The molecule has 0 spiro atoms. The van der Waals surface area contributed by atoms with Crippen molar-refractivity contribution in [2.45, 2.75) is 6.42 Å². The minimum Gasteiger partial charge on any atom is -0.444 e. The molecule has 0 saturated carbocycles. The van der Waals surface area contributed by atoms with E-state index in [9.17, 15) is 4.79 Å². The quantitative estimate of drug-likeness (QED) is 0.753. The third-order valence-electron chi connectivity index (χ3n) is 4.44. The standard InChI is InChI=1S/C21H21N3O3/c25-20(14-17-15-27-21(22-17)16-6-2-1-3-7-16)23-18-8-4-5-9-19(18)24-10-12-26-13-11-24/h1-9,15H,10-14H2,(H,23,25). The van der Waals surface area contributed by atoms with Gasteiger partial charge in [0.25, 0.3) is 0 Å². The number of para-hydroxylation sites is 2. The molecule has 0 radical (unpaired) electrons. The van der Waals surface area contributed by atoms with Gasteiger partial charge in [-0.25, -0.2) is 4.98 Å². The maximum atomic E-state index is 12.5. The van der Waals surface area contributed by atoms with Gasteiger partial charge in [0.2, 0.25) is 11.8 Å². The molecule has 0 unspecified atom stereocenters. The molecule has 2 heterocycles. The van der Waals surface area contributed by atoms with E-state index in [2.05, 4.69) is 15.2 Å². The van der Waals surface area contributed by atoms with Crippen molar-refractivity contribution >= 4 is 17.3 Å². The normalized spacial score (nSPS) is 14.1. The van der Waals surface area contributed by atoms with Gasteiger partial charge in [-0.3, -0.25) is 4.79 Å². The van der Waals surface area contributed by atoms with E-state index in [1.165, 1.54) is 6.26 Å². The number of nitrogens with one attached hydrogen (secondary N) is 1. The summed E-state index contributed by atoms with van der Waals surface area (Å²) in [6.07, 6.45) is 1.70. The van der Waals surface area contributed by atoms with Gasteiger partial charge in [-0.05, 0) is 24.3 Å². The zero-order chi connectivity index (χ0) is 18.5. The van der Waals surface area contributed by atoms with E-state index in [-0.39, 0.29) is 12.3 Å². The van der Waals surface area contributed by atoms with Crippen LogP contribution >= 0.6 is 0 Å². The lowest BCUT2D eigenvalue weighted by molar-refractivity contribution is -0.115. The Kier molecular flexibility index (Phi) is 5.16. The van der Waals surface area contributed by atoms with Crippen LogP contribution in [0.5, 0.6) is 0 Å². The molecular formula is C21H21N3O3. The molecule has 3 aromatic rings. The maximum Gasteiger partial charge on any atom is 0.230 e. The summed E-state index contributed by atoms with van der Waals surface area (Å²) in [4.78, 5) is 19.2. The van der Waals surface area contributed by atoms with Crippen LogP contribution in [0.3, 0.4) is 0 Å². The Morgan fingerprint density at radius 3 is 2.59 bits per heavy atom. The molecule has 1 saturated heterocycles. The number of ether oxygens (including phenoxy) is 1. The van der Waals surface area contributed by atoms with E-state index in [1.807, 2.05) is 54.6 Å². The van der Waals surface area contributed by atoms with Gasteiger partial charge in [-0.2, -0.15) is 0 Å². The van der Waals surface area contributed by atoms with Gasteiger partial charge >= 0.3 is 0 Å². The summed E-state index contributed by atoms with van der Waals surface area (Å²) in [7, 11) is 0. The van der Waals surface area contributed by atoms with Gasteiger partial charge in [0, 0.05) is 18.7 Å². The number of oxazole rings is 1. The highest BCUT2D eigenvalue weighted by Crippen LogP contribution is 2.26. The van der Waals surface area contributed by atoms with Crippen molar-refractivity contribution in [3.63, 3.8) is 0 Å². The average Bonchev–Trinajstić information content (AvgIpc) is 3.18. The fourth-order valence-electron chi connectivity index (χ4n) is 3.12. The van der Waals surface area contributed by atoms with Gasteiger partial charge in [0.1, 0.15) is 6.26 Å². The molecule has 1 N–H and O–H groups in total. The van der Waals surface area contributed by atoms with Crippen LogP contribution in [0.4, 0.5) is 11.4 Å². The molecule has 1 fully saturated rings. The van der Waals surface area contributed by atoms with Crippen LogP contribution in [0.2, 0.25) is 0 Å². The number of carbonyl (C=O) groups excluding carboxylic acids is 1. The zero-order valence-electron chi connectivity index (χ0n) is 14.9. The second-order valence-electron chi connectivity index (χ2n) is 6.35. The Hall–Kier alpha value is -3.12. The number of hydrogen-bond donors (Lipinski definition) is 1. The van der Waals surface area contributed by atoms with Crippen molar-refractivity contribution in [1.82, 2.24) is 4.98 Å². The average molecular weight is 363 g/mol. The SMILES string of the molecule is O=C(Cc1coc(-c2ccccc2)n1)Nc1ccccc1N1CCOCC1. The Bertz CT molecular complexity index is 902. The lowest BCUT2D eigenvalue weighted by atomic mass is 10.2. The monoisotopic (exact) mass is 363 g/mol. The van der Waals surface area contributed by atoms with E-state index >= 15 is 0 Å². The molecule has 0 bridgehead atoms. The lowest BCUT2D eigenvalue weighted by Crippen LogP contribution is -2.36. The number of nitrogens with zero attached hydrogens (tertiary/aromatic N) is 2. The van der Waals surface area contributed by atoms with Gasteiger partial charge in [-0.15, -0.1) is 0 Å². The minimum absolute atomic E-state index is 0.122. The van der Waals surface area contributed by atoms with Gasteiger partial charge < -0.3 is 19.4 Å². The molecule has 6 heteroatoms. The van der Waals surface area contributed by atoms with Gasteiger partial charge in [0.05, 0.1) is 36.7 Å². The molecule has 6 nitrogen and oxygen atoms in total. The first-order valence-corrected chi connectivity index (χ1v) is 9.01. The molecule has 0 aliphatic carbocycles. The lowest BCUT2D eigenvalue weighted by Gasteiger charge is -2.30. The molecule has 4 rings (SSSR count). The van der Waals surface area contributed by atoms with Gasteiger partial charge in [0.15, 0.2) is 0 Å². The third-order valence-corrected chi connectivity index (χ3v) is 4.44. The van der Waals surface area contributed by atoms with Crippen molar-refractivity contribution < 1.29 is 13.9 Å². The summed E-state index contributed by atoms with van der Waals surface area (Å²) < 4.78 is 10.9. The number of aromatic nitrogens is 1. The highest BCUT2D eigenvalue weighted by molar-refractivity contribution is 5.95. The van der Waals surface area contributed by atoms with E-state index < -0.39 is 0 Å². The summed E-state index contributed by atoms with van der Waals surface area (Å²) in [5.41, 5.74) is 3.31. The van der Waals surface area contributed by atoms with Crippen LogP contribution < -0.4 is 10.2 Å². The van der Waals surface area contributed by atoms with Crippen LogP contribution in [0.15, 0.2) is 65.3 Å². The second-order valence-corrected chi connectivity index (χ2v) is 6.35. The van der Waals surface area contributed by atoms with Crippen molar-refractivity contribution in [2.24, 2.45) is 0 Å². The van der Waals surface area contributed by atoms with E-state index in [0.717, 1.165) is 30.0 Å². The number of amides is 1. The van der Waals surface area contributed by atoms with Gasteiger partial charge in [-0.1, -0.05) is 30.3 Å². The number of hydrogen-bond acceptors (Lipinski definition) is 5. The molecule has 1 aromatic heterocycles. The van der Waals surface area contributed by atoms with Crippen LogP contribution in [0.1, 0.15) is 5.69 Å². The fraction of sp³-hybridized carbons (Fsp3) is 0.238. The van der Waals surface area contributed by atoms with Crippen molar-refractivity contribution in [3.05, 3.63) is 66.6 Å². The molecule has 1 aliphatic rings. The summed E-state index contributed by atoms with van der Waals surface area (Å²) in [6.45, 7) is 3.03. The van der Waals surface area contributed by atoms with E-state index in [0.29, 0.717) is 24.8 Å². The van der Waals surface area contributed by atoms with Crippen molar-refractivity contribution in [2.75, 3.05) is 36.5 Å². The number of benzene rings is 2. The highest BCUT2D eigenvalue weighted by atomic mass is 16.5. The summed E-state index contributed by atoms with van der Waals surface area (Å²) in [5, 5.41) is 3.00. The summed E-state index contributed by atoms with van der Waals surface area (Å²) >= 11 is 0. The molecule has 0 atom stereocenters. The Labute approximate surface area is 157 Å². The second kappa shape index (κ2) is 8.05. The summed E-state index contributed by atoms with van der Waals surface area (Å²) in [5.74, 6) is 0.399. The molecule has 138 valence electrons. The van der Waals surface area contributed by atoms with Crippen LogP contribution in [0, 0.1) is 0 Å². The number of carbonyl (C=O) groups is 1. The fourth-order valence-corrected chi connectivity index (χ4v) is 3.12. The van der Waals surface area contributed by atoms with Crippen LogP contribution in [0.25, 0.3) is 11.5 Å². The molecule has 27 heavy (non-hydrogen) atoms. The van der Waals surface area contributed by atoms with Crippen molar-refractivity contribution in [3.8, 4) is 11.5 Å². The molecule has 2 aromatic carbocycles. The Balaban J connectivity index is 1.44. The Morgan fingerprint density at radius 1 is 1.04 bits per heavy atom. The maximum absolute atomic E-state index is 12.5. The smallest absolute Gasteiger partial charge is 0.230 e. The number of rotatable bonds is 5. The highest BCUT2D eigenvalue weighted by Gasteiger charge is 2.16. The molecule has 1 aliphatic heterocycles. The first-order valence-electron chi connectivity index (χ1n) is 9.01. The predicted molar refractivity (Wildman–Crippen MR) is 104 cm³/mol. The minimum atomic E-state index is -0.122. The van der Waals surface area contributed by atoms with Crippen LogP contribution in [-0.2, 0) is 16.0 Å². The number of anilines is 2. The Morgan fingerprint density at radius 2 is 1.78 bits per heavy atom. The largest absolute Gasteiger partial charge is 0.444 e. The first-order chi connectivity index (χ1) is 13.3. The van der Waals surface area contributed by atoms with Crippen molar-refractivity contribution in [1.29, 1.82) is 0 Å².